The van der Waals surface area contributed by atoms with Crippen molar-refractivity contribution in [1.82, 2.24) is 0 Å². The van der Waals surface area contributed by atoms with Gasteiger partial charge in [0.2, 0.25) is 0 Å². The first-order valence-electron chi connectivity index (χ1n) is 3.71. The lowest BCUT2D eigenvalue weighted by atomic mass is 10.2. The van der Waals surface area contributed by atoms with Gasteiger partial charge >= 0.3 is 0 Å². The Morgan fingerprint density at radius 2 is 2.14 bits per heavy atom. The van der Waals surface area contributed by atoms with E-state index in [2.05, 4.69) is 15.9 Å². The third-order valence-corrected chi connectivity index (χ3v) is 3.51. The molecule has 0 fully saturated rings. The summed E-state index contributed by atoms with van der Waals surface area (Å²) in [4.78, 5) is 10.1. The van der Waals surface area contributed by atoms with Crippen LogP contribution in [0, 0.1) is 10.1 Å². The number of nitrogens with two attached hydrogens (primary N) is 1. The number of nitrogen functional groups attached to an aromatic ring is 1. The number of nitro groups is 1. The quantitative estimate of drug-likeness (QED) is 0.493. The van der Waals surface area contributed by atoms with E-state index in [9.17, 15) is 10.1 Å². The average molecular weight is 273 g/mol. The summed E-state index contributed by atoms with van der Waals surface area (Å²) in [6.45, 7) is 0. The van der Waals surface area contributed by atoms with Crippen molar-refractivity contribution in [3.8, 4) is 0 Å². The van der Waals surface area contributed by atoms with E-state index >= 15 is 0 Å². The summed E-state index contributed by atoms with van der Waals surface area (Å²) in [5.41, 5.74) is 6.17. The molecule has 14 heavy (non-hydrogen) atoms. The first-order chi connectivity index (χ1) is 6.58. The molecule has 0 saturated heterocycles. The second-order valence-electron chi connectivity index (χ2n) is 2.76. The van der Waals surface area contributed by atoms with Gasteiger partial charge in [-0.05, 0) is 22.0 Å². The molecule has 0 aliphatic heterocycles. The molecule has 0 amide bonds. The maximum Gasteiger partial charge on any atom is 0.272 e. The monoisotopic (exact) mass is 272 g/mol. The molecule has 72 valence electrons. The zero-order valence-electron chi connectivity index (χ0n) is 6.86. The van der Waals surface area contributed by atoms with E-state index in [-0.39, 0.29) is 5.69 Å². The molecule has 0 atom stereocenters. The van der Waals surface area contributed by atoms with E-state index in [0.29, 0.717) is 5.69 Å². The standard InChI is InChI=1S/C8H5BrN2O2S/c9-7-2-4-1-5(11(12)13)3-6(10)8(4)14-7/h1-3H,10H2. The van der Waals surface area contributed by atoms with Crippen molar-refractivity contribution in [2.24, 2.45) is 0 Å². The smallest absolute Gasteiger partial charge is 0.272 e. The second kappa shape index (κ2) is 3.21. The zero-order valence-corrected chi connectivity index (χ0v) is 9.26. The van der Waals surface area contributed by atoms with Crippen molar-refractivity contribution in [2.45, 2.75) is 0 Å². The van der Waals surface area contributed by atoms with Gasteiger partial charge in [0.15, 0.2) is 0 Å². The Balaban J connectivity index is 2.77. The van der Waals surface area contributed by atoms with Gasteiger partial charge in [0, 0.05) is 17.5 Å². The molecule has 0 radical (unpaired) electrons. The van der Waals surface area contributed by atoms with Gasteiger partial charge in [-0.2, -0.15) is 0 Å². The van der Waals surface area contributed by atoms with Crippen molar-refractivity contribution in [2.75, 3.05) is 5.73 Å². The number of rotatable bonds is 1. The van der Waals surface area contributed by atoms with E-state index in [4.69, 9.17) is 5.73 Å². The molecular weight excluding hydrogens is 268 g/mol. The van der Waals surface area contributed by atoms with Crippen LogP contribution in [0.15, 0.2) is 22.0 Å². The Kier molecular flexibility index (Phi) is 2.16. The Morgan fingerprint density at radius 1 is 1.43 bits per heavy atom. The number of hydrogen-bond donors (Lipinski definition) is 1. The molecule has 0 aliphatic carbocycles. The number of thiophene rings is 1. The highest BCUT2D eigenvalue weighted by Gasteiger charge is 2.11. The van der Waals surface area contributed by atoms with Crippen LogP contribution >= 0.6 is 27.3 Å². The highest BCUT2D eigenvalue weighted by Crippen LogP contribution is 2.36. The highest BCUT2D eigenvalue weighted by molar-refractivity contribution is 9.11. The number of non-ortho nitro benzene ring substituents is 1. The molecule has 0 unspecified atom stereocenters. The third-order valence-electron chi connectivity index (χ3n) is 1.81. The Hall–Kier alpha value is -1.14. The average Bonchev–Trinajstić information content (AvgIpc) is 2.45. The lowest BCUT2D eigenvalue weighted by Crippen LogP contribution is -1.90. The van der Waals surface area contributed by atoms with Crippen LogP contribution in [-0.2, 0) is 0 Å². The number of hydrogen-bond acceptors (Lipinski definition) is 4. The molecule has 0 aliphatic rings. The van der Waals surface area contributed by atoms with Crippen molar-refractivity contribution in [3.63, 3.8) is 0 Å². The summed E-state index contributed by atoms with van der Waals surface area (Å²) in [5, 5.41) is 11.3. The van der Waals surface area contributed by atoms with E-state index in [1.807, 2.05) is 6.07 Å². The van der Waals surface area contributed by atoms with Crippen LogP contribution in [0.5, 0.6) is 0 Å². The van der Waals surface area contributed by atoms with Crippen LogP contribution in [0.4, 0.5) is 11.4 Å². The van der Waals surface area contributed by atoms with E-state index in [1.54, 1.807) is 0 Å². The van der Waals surface area contributed by atoms with Crippen molar-refractivity contribution in [3.05, 3.63) is 32.1 Å². The Bertz CT molecular complexity index is 523. The first-order valence-corrected chi connectivity index (χ1v) is 5.32. The van der Waals surface area contributed by atoms with Gasteiger partial charge in [-0.15, -0.1) is 11.3 Å². The molecule has 1 heterocycles. The lowest BCUT2D eigenvalue weighted by molar-refractivity contribution is -0.384. The molecule has 0 bridgehead atoms. The summed E-state index contributed by atoms with van der Waals surface area (Å²) in [6.07, 6.45) is 0. The summed E-state index contributed by atoms with van der Waals surface area (Å²) in [5.74, 6) is 0. The Labute approximate surface area is 91.6 Å². The Morgan fingerprint density at radius 3 is 2.79 bits per heavy atom. The normalized spacial score (nSPS) is 10.6. The molecule has 0 saturated carbocycles. The molecule has 2 rings (SSSR count). The van der Waals surface area contributed by atoms with Crippen molar-refractivity contribution >= 4 is 48.7 Å². The fourth-order valence-electron chi connectivity index (χ4n) is 1.24. The van der Waals surface area contributed by atoms with Crippen LogP contribution in [0.2, 0.25) is 0 Å². The van der Waals surface area contributed by atoms with Crippen LogP contribution in [0.25, 0.3) is 10.1 Å². The molecule has 2 aromatic rings. The summed E-state index contributed by atoms with van der Waals surface area (Å²) in [6, 6.07) is 4.72. The van der Waals surface area contributed by atoms with E-state index in [1.165, 1.54) is 23.5 Å². The van der Waals surface area contributed by atoms with Crippen LogP contribution in [0.1, 0.15) is 0 Å². The number of fused-ring (bicyclic) bond motifs is 1. The van der Waals surface area contributed by atoms with Gasteiger partial charge in [-0.25, -0.2) is 0 Å². The number of benzene rings is 1. The predicted molar refractivity (Wildman–Crippen MR) is 60.6 cm³/mol. The topological polar surface area (TPSA) is 69.2 Å². The fraction of sp³-hybridized carbons (Fsp3) is 0. The summed E-state index contributed by atoms with van der Waals surface area (Å²) >= 11 is 4.78. The molecule has 0 spiro atoms. The van der Waals surface area contributed by atoms with Gasteiger partial charge in [0.05, 0.1) is 19.1 Å². The number of halogens is 1. The van der Waals surface area contributed by atoms with Crippen molar-refractivity contribution in [1.29, 1.82) is 0 Å². The zero-order chi connectivity index (χ0) is 10.3. The fourth-order valence-corrected chi connectivity index (χ4v) is 2.76. The largest absolute Gasteiger partial charge is 0.397 e. The SMILES string of the molecule is Nc1cc([N+](=O)[O-])cc2cc(Br)sc12. The molecule has 2 N–H and O–H groups in total. The van der Waals surface area contributed by atoms with Crippen molar-refractivity contribution < 1.29 is 4.92 Å². The lowest BCUT2D eigenvalue weighted by Gasteiger charge is -1.95. The molecule has 1 aromatic carbocycles. The number of nitro benzene ring substituents is 1. The number of nitrogens with zero attached hydrogens (tertiary/aromatic N) is 1. The van der Waals surface area contributed by atoms with E-state index in [0.717, 1.165) is 13.9 Å². The second-order valence-corrected chi connectivity index (χ2v) is 5.19. The van der Waals surface area contributed by atoms with Gasteiger partial charge < -0.3 is 5.73 Å². The minimum atomic E-state index is -0.443. The maximum absolute atomic E-state index is 10.5. The molecule has 6 heteroatoms. The minimum absolute atomic E-state index is 0.0281. The molecule has 1 aromatic heterocycles. The van der Waals surface area contributed by atoms with Gasteiger partial charge in [0.1, 0.15) is 0 Å². The maximum atomic E-state index is 10.5. The van der Waals surface area contributed by atoms with Crippen LogP contribution < -0.4 is 5.73 Å². The first kappa shape index (κ1) is 9.42. The number of anilines is 1. The molecule has 4 nitrogen and oxygen atoms in total. The summed E-state index contributed by atoms with van der Waals surface area (Å²) < 4.78 is 1.79. The van der Waals surface area contributed by atoms with Crippen LogP contribution in [0.3, 0.4) is 0 Å². The predicted octanol–water partition coefficient (Wildman–Crippen LogP) is 3.15. The van der Waals surface area contributed by atoms with Crippen LogP contribution in [-0.4, -0.2) is 4.92 Å². The minimum Gasteiger partial charge on any atom is -0.397 e. The van der Waals surface area contributed by atoms with Gasteiger partial charge in [0.25, 0.3) is 5.69 Å². The van der Waals surface area contributed by atoms with E-state index < -0.39 is 4.92 Å². The highest BCUT2D eigenvalue weighted by atomic mass is 79.9. The van der Waals surface area contributed by atoms with Gasteiger partial charge in [-0.1, -0.05) is 0 Å². The summed E-state index contributed by atoms with van der Waals surface area (Å²) in [7, 11) is 0. The third kappa shape index (κ3) is 1.46. The molecular formula is C8H5BrN2O2S. The van der Waals surface area contributed by atoms with Gasteiger partial charge in [-0.3, -0.25) is 10.1 Å².